The van der Waals surface area contributed by atoms with E-state index in [9.17, 15) is 4.39 Å². The van der Waals surface area contributed by atoms with E-state index >= 15 is 0 Å². The fourth-order valence-corrected chi connectivity index (χ4v) is 4.83. The third kappa shape index (κ3) is 6.27. The molecule has 1 fully saturated rings. The van der Waals surface area contributed by atoms with Crippen LogP contribution >= 0.6 is 0 Å². The van der Waals surface area contributed by atoms with Crippen molar-refractivity contribution < 1.29 is 43.1 Å². The predicted octanol–water partition coefficient (Wildman–Crippen LogP) is 1.95. The van der Waals surface area contributed by atoms with Crippen LogP contribution in [0.1, 0.15) is 24.1 Å². The summed E-state index contributed by atoms with van der Waals surface area (Å²) in [6, 6.07) is 5.37. The van der Waals surface area contributed by atoms with Gasteiger partial charge in [-0.05, 0) is 25.3 Å². The smallest absolute Gasteiger partial charge is 0.414 e. The van der Waals surface area contributed by atoms with Crippen molar-refractivity contribution in [2.24, 2.45) is 4.99 Å². The standard InChI is InChI=1S/C25H26FN5O4.C2H2O4/c1-32-22-3-2-18-23(29-22)16(17(26)13-27-18)4-7-31-8-5-25(6-9-31)15-35-24(30-25)19-12-20-21(14-28-19)34-11-10-33-20;3-1(4)2(5)6/h2-3,12-14H,4-11,15H2,1H3;(H,3,4)(H,5,6). The van der Waals surface area contributed by atoms with Crippen molar-refractivity contribution in [2.75, 3.05) is 46.6 Å². The summed E-state index contributed by atoms with van der Waals surface area (Å²) in [4.78, 5) is 38.5. The van der Waals surface area contributed by atoms with Gasteiger partial charge in [0.2, 0.25) is 11.8 Å². The molecule has 216 valence electrons. The van der Waals surface area contributed by atoms with Gasteiger partial charge in [0, 0.05) is 37.3 Å². The van der Waals surface area contributed by atoms with E-state index in [1.54, 1.807) is 25.4 Å². The number of aromatic nitrogens is 3. The zero-order valence-electron chi connectivity index (χ0n) is 22.2. The Morgan fingerprint density at radius 2 is 1.78 bits per heavy atom. The third-order valence-electron chi connectivity index (χ3n) is 7.06. The largest absolute Gasteiger partial charge is 0.486 e. The Morgan fingerprint density at radius 3 is 2.49 bits per heavy atom. The van der Waals surface area contributed by atoms with Crippen LogP contribution in [0.3, 0.4) is 0 Å². The van der Waals surface area contributed by atoms with E-state index in [0.717, 1.165) is 32.5 Å². The van der Waals surface area contributed by atoms with Crippen molar-refractivity contribution >= 4 is 28.9 Å². The first-order valence-electron chi connectivity index (χ1n) is 12.9. The predicted molar refractivity (Wildman–Crippen MR) is 141 cm³/mol. The highest BCUT2D eigenvalue weighted by molar-refractivity contribution is 6.27. The monoisotopic (exact) mass is 569 g/mol. The lowest BCUT2D eigenvalue weighted by atomic mass is 9.89. The summed E-state index contributed by atoms with van der Waals surface area (Å²) in [5.41, 5.74) is 2.21. The second-order valence-electron chi connectivity index (χ2n) is 9.65. The molecule has 3 aromatic rings. The van der Waals surface area contributed by atoms with Crippen LogP contribution in [0.4, 0.5) is 4.39 Å². The van der Waals surface area contributed by atoms with Crippen molar-refractivity contribution in [3.63, 3.8) is 0 Å². The lowest BCUT2D eigenvalue weighted by Crippen LogP contribution is -2.44. The van der Waals surface area contributed by atoms with E-state index in [2.05, 4.69) is 19.9 Å². The number of ether oxygens (including phenoxy) is 4. The molecule has 1 spiro atoms. The van der Waals surface area contributed by atoms with Crippen LogP contribution in [-0.4, -0.2) is 100 Å². The van der Waals surface area contributed by atoms with Crippen LogP contribution in [0.25, 0.3) is 11.0 Å². The number of hydrogen-bond donors (Lipinski definition) is 2. The van der Waals surface area contributed by atoms with Gasteiger partial charge in [-0.1, -0.05) is 0 Å². The molecule has 0 saturated carbocycles. The van der Waals surface area contributed by atoms with E-state index in [4.69, 9.17) is 43.7 Å². The number of halogens is 1. The van der Waals surface area contributed by atoms with Gasteiger partial charge in [0.25, 0.3) is 0 Å². The molecule has 0 radical (unpaired) electrons. The van der Waals surface area contributed by atoms with Crippen LogP contribution < -0.4 is 14.2 Å². The average Bonchev–Trinajstić information content (AvgIpc) is 3.40. The highest BCUT2D eigenvalue weighted by Gasteiger charge is 2.40. The molecule has 0 aliphatic carbocycles. The van der Waals surface area contributed by atoms with Gasteiger partial charge in [0.05, 0.1) is 30.5 Å². The number of carboxylic acid groups (broad SMARTS) is 2. The van der Waals surface area contributed by atoms with Crippen LogP contribution in [0, 0.1) is 5.82 Å². The molecule has 41 heavy (non-hydrogen) atoms. The van der Waals surface area contributed by atoms with Gasteiger partial charge < -0.3 is 34.1 Å². The summed E-state index contributed by atoms with van der Waals surface area (Å²) < 4.78 is 37.0. The van der Waals surface area contributed by atoms with Gasteiger partial charge in [0.1, 0.15) is 36.9 Å². The van der Waals surface area contributed by atoms with E-state index < -0.39 is 11.9 Å². The first-order valence-corrected chi connectivity index (χ1v) is 12.9. The summed E-state index contributed by atoms with van der Waals surface area (Å²) in [5, 5.41) is 14.8. The van der Waals surface area contributed by atoms with Crippen molar-refractivity contribution in [3.8, 4) is 17.4 Å². The minimum atomic E-state index is -1.82. The molecule has 3 aliphatic heterocycles. The first-order chi connectivity index (χ1) is 19.8. The van der Waals surface area contributed by atoms with Crippen molar-refractivity contribution in [2.45, 2.75) is 24.8 Å². The molecule has 6 rings (SSSR count). The maximum absolute atomic E-state index is 14.6. The van der Waals surface area contributed by atoms with Gasteiger partial charge in [0.15, 0.2) is 11.5 Å². The quantitative estimate of drug-likeness (QED) is 0.430. The molecule has 3 aliphatic rings. The molecule has 0 amide bonds. The molecule has 0 aromatic carbocycles. The molecule has 14 heteroatoms. The van der Waals surface area contributed by atoms with Crippen LogP contribution in [0.15, 0.2) is 35.6 Å². The number of piperidine rings is 1. The molecule has 0 bridgehead atoms. The van der Waals surface area contributed by atoms with Gasteiger partial charge in [-0.25, -0.2) is 28.9 Å². The van der Waals surface area contributed by atoms with Gasteiger partial charge in [-0.15, -0.1) is 0 Å². The number of aliphatic imine (C=N–C) groups is 1. The molecular weight excluding hydrogens is 541 g/mol. The number of carbonyl (C=O) groups is 2. The second kappa shape index (κ2) is 11.9. The summed E-state index contributed by atoms with van der Waals surface area (Å²) in [5.74, 6) is -1.66. The maximum Gasteiger partial charge on any atom is 0.414 e. The zero-order valence-corrected chi connectivity index (χ0v) is 22.2. The normalized spacial score (nSPS) is 17.3. The number of nitrogens with zero attached hydrogens (tertiary/aromatic N) is 5. The number of carboxylic acids is 2. The Balaban J connectivity index is 0.000000511. The van der Waals surface area contributed by atoms with Crippen molar-refractivity contribution in [3.05, 3.63) is 47.7 Å². The molecule has 2 N–H and O–H groups in total. The molecule has 6 heterocycles. The molecule has 0 unspecified atom stereocenters. The number of methoxy groups -OCH3 is 1. The van der Waals surface area contributed by atoms with Gasteiger partial charge >= 0.3 is 11.9 Å². The number of likely N-dealkylation sites (tertiary alicyclic amines) is 1. The Morgan fingerprint density at radius 1 is 1.05 bits per heavy atom. The van der Waals surface area contributed by atoms with Crippen LogP contribution in [0.2, 0.25) is 0 Å². The molecular formula is C27H28FN5O8. The number of fused-ring (bicyclic) bond motifs is 2. The summed E-state index contributed by atoms with van der Waals surface area (Å²) in [6.07, 6.45) is 5.22. The Labute approximate surface area is 233 Å². The van der Waals surface area contributed by atoms with Crippen molar-refractivity contribution in [1.29, 1.82) is 0 Å². The molecule has 0 atom stereocenters. The van der Waals surface area contributed by atoms with Crippen LogP contribution in [0.5, 0.6) is 17.4 Å². The molecule has 3 aromatic heterocycles. The van der Waals surface area contributed by atoms with E-state index in [1.165, 1.54) is 6.20 Å². The third-order valence-corrected chi connectivity index (χ3v) is 7.06. The topological polar surface area (TPSA) is 166 Å². The van der Waals surface area contributed by atoms with Crippen LogP contribution in [-0.2, 0) is 20.7 Å². The minimum Gasteiger partial charge on any atom is -0.486 e. The zero-order chi connectivity index (χ0) is 29.0. The van der Waals surface area contributed by atoms with E-state index in [1.807, 2.05) is 6.07 Å². The number of hydrogen-bond acceptors (Lipinski definition) is 11. The lowest BCUT2D eigenvalue weighted by Gasteiger charge is -2.36. The Hall–Kier alpha value is -4.59. The fourth-order valence-electron chi connectivity index (χ4n) is 4.83. The van der Waals surface area contributed by atoms with Crippen molar-refractivity contribution in [1.82, 2.24) is 19.9 Å². The molecule has 1 saturated heterocycles. The molecule has 13 nitrogen and oxygen atoms in total. The summed E-state index contributed by atoms with van der Waals surface area (Å²) >= 11 is 0. The number of rotatable bonds is 5. The minimum absolute atomic E-state index is 0.246. The summed E-state index contributed by atoms with van der Waals surface area (Å²) in [6.45, 7) is 4.03. The Kier molecular flexibility index (Phi) is 8.10. The maximum atomic E-state index is 14.6. The SMILES string of the molecule is COc1ccc2ncc(F)c(CCN3CCC4(CC3)COC(c3cc5c(cn3)OCCO5)=N4)c2n1.O=C(O)C(=O)O. The highest BCUT2D eigenvalue weighted by Crippen LogP contribution is 2.35. The number of aliphatic carboxylic acids is 2. The Bertz CT molecular complexity index is 1480. The number of pyridine rings is 3. The lowest BCUT2D eigenvalue weighted by molar-refractivity contribution is -0.159. The van der Waals surface area contributed by atoms with Gasteiger partial charge in [-0.3, -0.25) is 4.98 Å². The first kappa shape index (κ1) is 28.0. The summed E-state index contributed by atoms with van der Waals surface area (Å²) in [7, 11) is 1.55. The second-order valence-corrected chi connectivity index (χ2v) is 9.65. The fraction of sp³-hybridized carbons (Fsp3) is 0.407. The average molecular weight is 570 g/mol. The van der Waals surface area contributed by atoms with E-state index in [-0.39, 0.29) is 11.4 Å². The van der Waals surface area contributed by atoms with E-state index in [0.29, 0.717) is 71.8 Å². The van der Waals surface area contributed by atoms with Gasteiger partial charge in [-0.2, -0.15) is 0 Å². The highest BCUT2D eigenvalue weighted by atomic mass is 19.1.